The summed E-state index contributed by atoms with van der Waals surface area (Å²) >= 11 is 3.96. The zero-order chi connectivity index (χ0) is 19.2. The van der Waals surface area contributed by atoms with Gasteiger partial charge in [0.15, 0.2) is 4.34 Å². The molecule has 7 nitrogen and oxygen atoms in total. The summed E-state index contributed by atoms with van der Waals surface area (Å²) in [7, 11) is 0. The van der Waals surface area contributed by atoms with Crippen molar-refractivity contribution < 1.29 is 4.79 Å². The first-order valence-corrected chi connectivity index (χ1v) is 10.6. The van der Waals surface area contributed by atoms with Gasteiger partial charge in [-0.2, -0.15) is 5.26 Å². The van der Waals surface area contributed by atoms with Crippen molar-refractivity contribution in [1.82, 2.24) is 14.8 Å². The fourth-order valence-corrected chi connectivity index (χ4v) is 4.69. The van der Waals surface area contributed by atoms with Gasteiger partial charge in [0, 0.05) is 29.8 Å². The molecule has 138 valence electrons. The number of aromatic nitrogens is 3. The molecule has 0 unspecified atom stereocenters. The van der Waals surface area contributed by atoms with E-state index in [-0.39, 0.29) is 17.2 Å². The standard InChI is InChI=1S/C17H15N5O2S3/c1-11-9-26-17(24)22(11)7-6-14(23)19-15-20-21-16(27-15)25-10-13-4-2-12(8-18)3-5-13/h2-5,9H,6-7,10H2,1H3,(H,19,20,23). The smallest absolute Gasteiger partial charge is 0.303 e. The van der Waals surface area contributed by atoms with E-state index in [1.54, 1.807) is 22.1 Å². The van der Waals surface area contributed by atoms with E-state index in [9.17, 15) is 9.59 Å². The van der Waals surface area contributed by atoms with E-state index in [1.807, 2.05) is 19.1 Å². The van der Waals surface area contributed by atoms with E-state index >= 15 is 0 Å². The molecule has 10 heteroatoms. The zero-order valence-electron chi connectivity index (χ0n) is 14.3. The van der Waals surface area contributed by atoms with Gasteiger partial charge in [-0.05, 0) is 24.6 Å². The molecule has 0 bridgehead atoms. The minimum Gasteiger partial charge on any atom is -0.303 e. The normalized spacial score (nSPS) is 10.5. The van der Waals surface area contributed by atoms with Crippen LogP contribution in [-0.2, 0) is 17.1 Å². The molecule has 3 aromatic rings. The number of nitrogens with zero attached hydrogens (tertiary/aromatic N) is 4. The van der Waals surface area contributed by atoms with Crippen molar-refractivity contribution >= 4 is 45.5 Å². The van der Waals surface area contributed by atoms with Crippen LogP contribution in [0.25, 0.3) is 0 Å². The maximum Gasteiger partial charge on any atom is 0.307 e. The number of carbonyl (C=O) groups excluding carboxylic acids is 1. The molecule has 0 atom stereocenters. The summed E-state index contributed by atoms with van der Waals surface area (Å²) < 4.78 is 2.34. The van der Waals surface area contributed by atoms with Crippen LogP contribution in [0.5, 0.6) is 0 Å². The van der Waals surface area contributed by atoms with Crippen LogP contribution in [0.15, 0.2) is 38.8 Å². The second kappa shape index (κ2) is 8.94. The lowest BCUT2D eigenvalue weighted by Gasteiger charge is -2.03. The molecule has 27 heavy (non-hydrogen) atoms. The van der Waals surface area contributed by atoms with Crippen molar-refractivity contribution in [3.63, 3.8) is 0 Å². The van der Waals surface area contributed by atoms with Gasteiger partial charge in [0.25, 0.3) is 0 Å². The van der Waals surface area contributed by atoms with Crippen LogP contribution < -0.4 is 10.2 Å². The summed E-state index contributed by atoms with van der Waals surface area (Å²) in [6.45, 7) is 2.19. The predicted molar refractivity (Wildman–Crippen MR) is 107 cm³/mol. The molecule has 1 amide bonds. The number of nitrogens with one attached hydrogen (secondary N) is 1. The molecule has 2 heterocycles. The number of aryl methyl sites for hydroxylation is 1. The number of hydrogen-bond acceptors (Lipinski definition) is 8. The van der Waals surface area contributed by atoms with Crippen molar-refractivity contribution in [2.75, 3.05) is 5.32 Å². The highest BCUT2D eigenvalue weighted by Crippen LogP contribution is 2.28. The Morgan fingerprint density at radius 1 is 1.33 bits per heavy atom. The van der Waals surface area contributed by atoms with Crippen LogP contribution >= 0.6 is 34.4 Å². The monoisotopic (exact) mass is 417 g/mol. The fraction of sp³-hybridized carbons (Fsp3) is 0.235. The van der Waals surface area contributed by atoms with E-state index < -0.39 is 0 Å². The van der Waals surface area contributed by atoms with E-state index in [1.165, 1.54) is 23.1 Å². The molecule has 3 rings (SSSR count). The van der Waals surface area contributed by atoms with Crippen LogP contribution in [-0.4, -0.2) is 20.7 Å². The van der Waals surface area contributed by atoms with Crippen LogP contribution in [0.1, 0.15) is 23.2 Å². The van der Waals surface area contributed by atoms with Crippen molar-refractivity contribution in [3.8, 4) is 6.07 Å². The molecule has 2 aromatic heterocycles. The molecule has 0 saturated heterocycles. The van der Waals surface area contributed by atoms with Crippen molar-refractivity contribution in [2.45, 2.75) is 30.0 Å². The summed E-state index contributed by atoms with van der Waals surface area (Å²) in [4.78, 5) is 23.7. The third-order valence-corrected chi connectivity index (χ3v) is 6.56. The average molecular weight is 418 g/mol. The number of thioether (sulfide) groups is 1. The van der Waals surface area contributed by atoms with Crippen molar-refractivity contribution in [3.05, 3.63) is 56.1 Å². The van der Waals surface area contributed by atoms with Crippen LogP contribution in [0.4, 0.5) is 5.13 Å². The number of benzene rings is 1. The minimum atomic E-state index is -0.202. The molecule has 0 aliphatic rings. The molecular formula is C17H15N5O2S3. The maximum absolute atomic E-state index is 12.1. The number of amides is 1. The largest absolute Gasteiger partial charge is 0.307 e. The van der Waals surface area contributed by atoms with E-state index in [2.05, 4.69) is 21.6 Å². The van der Waals surface area contributed by atoms with Gasteiger partial charge in [0.2, 0.25) is 11.0 Å². The number of hydrogen-bond donors (Lipinski definition) is 1. The highest BCUT2D eigenvalue weighted by atomic mass is 32.2. The van der Waals surface area contributed by atoms with Crippen LogP contribution in [0.2, 0.25) is 0 Å². The lowest BCUT2D eigenvalue weighted by Crippen LogP contribution is -2.20. The maximum atomic E-state index is 12.1. The van der Waals surface area contributed by atoms with Crippen molar-refractivity contribution in [1.29, 1.82) is 5.26 Å². The molecule has 1 N–H and O–H groups in total. The van der Waals surface area contributed by atoms with Crippen LogP contribution in [0, 0.1) is 18.3 Å². The molecule has 0 aliphatic carbocycles. The number of thiazole rings is 1. The summed E-state index contributed by atoms with van der Waals surface area (Å²) in [5.74, 6) is 0.501. The lowest BCUT2D eigenvalue weighted by atomic mass is 10.2. The zero-order valence-corrected chi connectivity index (χ0v) is 16.8. The van der Waals surface area contributed by atoms with Gasteiger partial charge in [-0.3, -0.25) is 9.59 Å². The van der Waals surface area contributed by atoms with Gasteiger partial charge in [-0.1, -0.05) is 46.6 Å². The van der Waals surface area contributed by atoms with E-state index in [4.69, 9.17) is 5.26 Å². The summed E-state index contributed by atoms with van der Waals surface area (Å²) in [5, 5.41) is 21.8. The Bertz CT molecular complexity index is 1030. The summed E-state index contributed by atoms with van der Waals surface area (Å²) in [5.41, 5.74) is 2.57. The lowest BCUT2D eigenvalue weighted by molar-refractivity contribution is -0.116. The Kier molecular flexibility index (Phi) is 6.39. The molecule has 0 spiro atoms. The van der Waals surface area contributed by atoms with Gasteiger partial charge in [0.1, 0.15) is 0 Å². The summed E-state index contributed by atoms with van der Waals surface area (Å²) in [6, 6.07) is 9.46. The first-order chi connectivity index (χ1) is 13.0. The molecule has 0 fully saturated rings. The number of nitriles is 1. The Hall–Kier alpha value is -2.48. The summed E-state index contributed by atoms with van der Waals surface area (Å²) in [6.07, 6.45) is 0.199. The van der Waals surface area contributed by atoms with Gasteiger partial charge in [-0.25, -0.2) is 0 Å². The molecule has 1 aromatic carbocycles. The van der Waals surface area contributed by atoms with Crippen molar-refractivity contribution in [2.24, 2.45) is 0 Å². The third kappa shape index (κ3) is 5.26. The second-order valence-electron chi connectivity index (χ2n) is 5.56. The quantitative estimate of drug-likeness (QED) is 0.468. The van der Waals surface area contributed by atoms with E-state index in [0.717, 1.165) is 26.9 Å². The Morgan fingerprint density at radius 3 is 2.78 bits per heavy atom. The number of rotatable bonds is 7. The van der Waals surface area contributed by atoms with Gasteiger partial charge in [0.05, 0.1) is 11.6 Å². The molecule has 0 saturated carbocycles. The Balaban J connectivity index is 1.49. The molecule has 0 radical (unpaired) electrons. The Morgan fingerprint density at radius 2 is 2.11 bits per heavy atom. The minimum absolute atomic E-state index is 0.0577. The SMILES string of the molecule is Cc1csc(=O)n1CCC(=O)Nc1nnc(SCc2ccc(C#N)cc2)s1. The Labute approximate surface area is 167 Å². The van der Waals surface area contributed by atoms with Gasteiger partial charge < -0.3 is 9.88 Å². The fourth-order valence-electron chi connectivity index (χ4n) is 2.21. The second-order valence-corrected chi connectivity index (χ2v) is 8.58. The van der Waals surface area contributed by atoms with Gasteiger partial charge in [-0.15, -0.1) is 10.2 Å². The molecule has 0 aliphatic heterocycles. The number of carbonyl (C=O) groups is 1. The predicted octanol–water partition coefficient (Wildman–Crippen LogP) is 3.26. The van der Waals surface area contributed by atoms with Crippen LogP contribution in [0.3, 0.4) is 0 Å². The third-order valence-electron chi connectivity index (χ3n) is 3.64. The first kappa shape index (κ1) is 19.3. The highest BCUT2D eigenvalue weighted by molar-refractivity contribution is 8.00. The molecular weight excluding hydrogens is 402 g/mol. The van der Waals surface area contributed by atoms with Gasteiger partial charge >= 0.3 is 4.87 Å². The average Bonchev–Trinajstić information content (AvgIpc) is 3.25. The number of anilines is 1. The topological polar surface area (TPSA) is 101 Å². The van der Waals surface area contributed by atoms with E-state index in [0.29, 0.717) is 23.0 Å². The highest BCUT2D eigenvalue weighted by Gasteiger charge is 2.10. The first-order valence-electron chi connectivity index (χ1n) is 7.95.